The minimum atomic E-state index is -0.713. The van der Waals surface area contributed by atoms with Crippen LogP contribution >= 0.6 is 0 Å². The van der Waals surface area contributed by atoms with Crippen molar-refractivity contribution >= 4 is 0 Å². The van der Waals surface area contributed by atoms with E-state index < -0.39 is 5.60 Å². The van der Waals surface area contributed by atoms with Crippen molar-refractivity contribution in [2.75, 3.05) is 13.2 Å². The lowest BCUT2D eigenvalue weighted by molar-refractivity contribution is -0.238. The van der Waals surface area contributed by atoms with Crippen molar-refractivity contribution in [3.63, 3.8) is 0 Å². The first-order valence-electron chi connectivity index (χ1n) is 8.32. The molecule has 1 aliphatic rings. The molecule has 0 spiro atoms. The van der Waals surface area contributed by atoms with Crippen LogP contribution in [0.4, 0.5) is 0 Å². The number of aliphatic hydroxyl groups is 1. The van der Waals surface area contributed by atoms with Gasteiger partial charge in [-0.3, -0.25) is 4.68 Å². The van der Waals surface area contributed by atoms with E-state index in [0.29, 0.717) is 25.6 Å². The average molecular weight is 309 g/mol. The molecule has 2 rings (SSSR count). The molecule has 0 aromatic carbocycles. The molecule has 0 aliphatic heterocycles. The van der Waals surface area contributed by atoms with E-state index in [4.69, 9.17) is 4.74 Å². The molecule has 0 saturated heterocycles. The fourth-order valence-corrected chi connectivity index (χ4v) is 3.06. The van der Waals surface area contributed by atoms with E-state index >= 15 is 0 Å². The van der Waals surface area contributed by atoms with Crippen molar-refractivity contribution in [3.8, 4) is 0 Å². The molecule has 1 aromatic heterocycles. The van der Waals surface area contributed by atoms with Crippen LogP contribution < -0.4 is 5.32 Å². The first-order valence-corrected chi connectivity index (χ1v) is 8.32. The fraction of sp³-hybridized carbons (Fsp3) is 0.824. The predicted molar refractivity (Wildman–Crippen MR) is 87.8 cm³/mol. The highest BCUT2D eigenvalue weighted by atomic mass is 16.5. The van der Waals surface area contributed by atoms with Gasteiger partial charge >= 0.3 is 0 Å². The number of aromatic nitrogens is 2. The van der Waals surface area contributed by atoms with E-state index in [1.807, 2.05) is 17.8 Å². The summed E-state index contributed by atoms with van der Waals surface area (Å²) in [5.74, 6) is 0. The molecule has 0 bridgehead atoms. The minimum Gasteiger partial charge on any atom is -0.388 e. The fourth-order valence-electron chi connectivity index (χ4n) is 3.06. The Morgan fingerprint density at radius 2 is 2.14 bits per heavy atom. The number of nitrogens with one attached hydrogen (secondary N) is 1. The molecule has 0 unspecified atom stereocenters. The van der Waals surface area contributed by atoms with E-state index in [-0.39, 0.29) is 17.6 Å². The number of hydrogen-bond acceptors (Lipinski definition) is 4. The van der Waals surface area contributed by atoms with Gasteiger partial charge in [0.25, 0.3) is 0 Å². The van der Waals surface area contributed by atoms with Crippen LogP contribution in [0, 0.1) is 5.41 Å². The number of ether oxygens (including phenoxy) is 1. The molecule has 1 saturated carbocycles. The average Bonchev–Trinajstić information content (AvgIpc) is 2.94. The summed E-state index contributed by atoms with van der Waals surface area (Å²) in [7, 11) is 0. The van der Waals surface area contributed by atoms with Crippen molar-refractivity contribution in [3.05, 3.63) is 18.0 Å². The third kappa shape index (κ3) is 3.07. The molecule has 1 fully saturated rings. The third-order valence-corrected chi connectivity index (χ3v) is 5.25. The van der Waals surface area contributed by atoms with Gasteiger partial charge in [-0.05, 0) is 27.7 Å². The molecule has 1 heterocycles. The Balaban J connectivity index is 1.92. The number of hydrogen-bond donors (Lipinski definition) is 2. The van der Waals surface area contributed by atoms with Gasteiger partial charge in [0.1, 0.15) is 0 Å². The van der Waals surface area contributed by atoms with Crippen LogP contribution in [0.5, 0.6) is 0 Å². The topological polar surface area (TPSA) is 59.3 Å². The van der Waals surface area contributed by atoms with Crippen molar-refractivity contribution in [2.45, 2.75) is 71.8 Å². The molecule has 0 radical (unpaired) electrons. The molecular formula is C17H31N3O2. The van der Waals surface area contributed by atoms with Gasteiger partial charge in [-0.15, -0.1) is 0 Å². The van der Waals surface area contributed by atoms with Gasteiger partial charge in [0.15, 0.2) is 0 Å². The summed E-state index contributed by atoms with van der Waals surface area (Å²) in [5.41, 5.74) is 0.211. The Hall–Kier alpha value is -0.910. The molecule has 22 heavy (non-hydrogen) atoms. The number of nitrogens with zero attached hydrogens (tertiary/aromatic N) is 2. The molecule has 1 aliphatic carbocycles. The molecule has 2 N–H and O–H groups in total. The van der Waals surface area contributed by atoms with E-state index in [1.165, 1.54) is 0 Å². The maximum atomic E-state index is 10.9. The van der Waals surface area contributed by atoms with E-state index in [1.54, 1.807) is 0 Å². The van der Waals surface area contributed by atoms with Gasteiger partial charge in [-0.1, -0.05) is 13.8 Å². The second kappa shape index (κ2) is 6.30. The highest BCUT2D eigenvalue weighted by Crippen LogP contribution is 2.51. The summed E-state index contributed by atoms with van der Waals surface area (Å²) in [6.07, 6.45) is 4.81. The standard InChI is InChI=1S/C17H31N3O2/c1-7-22-15-8-17(21,16(15,5)6)11-18-13(4)14-9-19-20(10-14)12(2)3/h9-10,12-13,15,18,21H,7-8,11H2,1-6H3/t13-,15-,17-/m1/s1. The highest BCUT2D eigenvalue weighted by Gasteiger charge is 2.59. The second-order valence-corrected chi connectivity index (χ2v) is 7.35. The first kappa shape index (κ1) is 17.4. The van der Waals surface area contributed by atoms with Gasteiger partial charge in [0, 0.05) is 48.8 Å². The smallest absolute Gasteiger partial charge is 0.0871 e. The SMILES string of the molecule is CCO[C@@H]1C[C@@](O)(CN[C@H](C)c2cnn(C(C)C)c2)C1(C)C. The molecule has 126 valence electrons. The molecule has 0 amide bonds. The summed E-state index contributed by atoms with van der Waals surface area (Å²) in [4.78, 5) is 0. The van der Waals surface area contributed by atoms with E-state index in [9.17, 15) is 5.11 Å². The van der Waals surface area contributed by atoms with Gasteiger partial charge in [0.05, 0.1) is 17.9 Å². The Morgan fingerprint density at radius 3 is 2.64 bits per heavy atom. The normalized spacial score (nSPS) is 28.6. The Bertz CT molecular complexity index is 498. The lowest BCUT2D eigenvalue weighted by Crippen LogP contribution is -2.68. The lowest BCUT2D eigenvalue weighted by atomic mass is 9.56. The quantitative estimate of drug-likeness (QED) is 0.813. The Kier molecular flexibility index (Phi) is 5.00. The summed E-state index contributed by atoms with van der Waals surface area (Å²) in [5, 5.41) is 18.7. The zero-order valence-corrected chi connectivity index (χ0v) is 14.8. The van der Waals surface area contributed by atoms with Crippen LogP contribution in [0.2, 0.25) is 0 Å². The van der Waals surface area contributed by atoms with Crippen LogP contribution in [-0.2, 0) is 4.74 Å². The van der Waals surface area contributed by atoms with Crippen LogP contribution in [-0.4, -0.2) is 39.7 Å². The molecule has 1 aromatic rings. The Morgan fingerprint density at radius 1 is 1.45 bits per heavy atom. The molecule has 3 atom stereocenters. The van der Waals surface area contributed by atoms with Crippen LogP contribution in [0.3, 0.4) is 0 Å². The first-order chi connectivity index (χ1) is 10.2. The number of rotatable bonds is 7. The summed E-state index contributed by atoms with van der Waals surface area (Å²) in [6.45, 7) is 13.8. The summed E-state index contributed by atoms with van der Waals surface area (Å²) in [6, 6.07) is 0.529. The summed E-state index contributed by atoms with van der Waals surface area (Å²) < 4.78 is 7.67. The Labute approximate surface area is 134 Å². The lowest BCUT2D eigenvalue weighted by Gasteiger charge is -2.58. The second-order valence-electron chi connectivity index (χ2n) is 7.35. The van der Waals surface area contributed by atoms with Crippen LogP contribution in [0.15, 0.2) is 12.4 Å². The molecular weight excluding hydrogens is 278 g/mol. The van der Waals surface area contributed by atoms with Gasteiger partial charge in [-0.2, -0.15) is 5.10 Å². The van der Waals surface area contributed by atoms with Crippen LogP contribution in [0.25, 0.3) is 0 Å². The van der Waals surface area contributed by atoms with Gasteiger partial charge < -0.3 is 15.2 Å². The zero-order chi connectivity index (χ0) is 16.5. The van der Waals surface area contributed by atoms with Crippen molar-refractivity contribution in [1.29, 1.82) is 0 Å². The zero-order valence-electron chi connectivity index (χ0n) is 14.8. The maximum Gasteiger partial charge on any atom is 0.0871 e. The van der Waals surface area contributed by atoms with Crippen molar-refractivity contribution in [1.82, 2.24) is 15.1 Å². The maximum absolute atomic E-state index is 10.9. The van der Waals surface area contributed by atoms with Gasteiger partial charge in [-0.25, -0.2) is 0 Å². The van der Waals surface area contributed by atoms with E-state index in [2.05, 4.69) is 51.2 Å². The highest BCUT2D eigenvalue weighted by molar-refractivity contribution is 5.14. The molecule has 5 heteroatoms. The van der Waals surface area contributed by atoms with Crippen LogP contribution in [0.1, 0.15) is 65.6 Å². The summed E-state index contributed by atoms with van der Waals surface area (Å²) >= 11 is 0. The molecule has 5 nitrogen and oxygen atoms in total. The van der Waals surface area contributed by atoms with Gasteiger partial charge in [0.2, 0.25) is 0 Å². The largest absolute Gasteiger partial charge is 0.388 e. The van der Waals surface area contributed by atoms with Crippen molar-refractivity contribution < 1.29 is 9.84 Å². The predicted octanol–water partition coefficient (Wildman–Crippen LogP) is 2.68. The third-order valence-electron chi connectivity index (χ3n) is 5.25. The monoisotopic (exact) mass is 309 g/mol. The van der Waals surface area contributed by atoms with E-state index in [0.717, 1.165) is 5.56 Å². The van der Waals surface area contributed by atoms with Crippen molar-refractivity contribution in [2.24, 2.45) is 5.41 Å². The minimum absolute atomic E-state index is 0.142.